The van der Waals surface area contributed by atoms with Crippen LogP contribution < -0.4 is 0 Å². The first kappa shape index (κ1) is 15.5. The molecule has 0 bridgehead atoms. The number of hydrogen-bond acceptors (Lipinski definition) is 1. The Morgan fingerprint density at radius 1 is 0.944 bits per heavy atom. The van der Waals surface area contributed by atoms with Gasteiger partial charge in [0.05, 0.1) is 0 Å². The van der Waals surface area contributed by atoms with Gasteiger partial charge in [0, 0.05) is 6.42 Å². The Morgan fingerprint density at radius 3 is 2.11 bits per heavy atom. The van der Waals surface area contributed by atoms with Crippen LogP contribution in [-0.2, 0) is 4.79 Å². The molecule has 0 aromatic heterocycles. The Labute approximate surface area is 112 Å². The molecule has 0 heterocycles. The van der Waals surface area contributed by atoms with E-state index in [-0.39, 0.29) is 0 Å². The third-order valence-corrected chi connectivity index (χ3v) is 4.19. The van der Waals surface area contributed by atoms with E-state index >= 15 is 0 Å². The van der Waals surface area contributed by atoms with E-state index in [2.05, 4.69) is 6.92 Å². The van der Waals surface area contributed by atoms with Gasteiger partial charge in [-0.3, -0.25) is 4.79 Å². The third kappa shape index (κ3) is 7.73. The van der Waals surface area contributed by atoms with Gasteiger partial charge in [0.25, 0.3) is 0 Å². The summed E-state index contributed by atoms with van der Waals surface area (Å²) in [6, 6.07) is 0. The molecule has 2 unspecified atom stereocenters. The Hall–Kier alpha value is -0.530. The van der Waals surface area contributed by atoms with Crippen molar-refractivity contribution in [1.82, 2.24) is 0 Å². The van der Waals surface area contributed by atoms with Crippen LogP contribution in [0.1, 0.15) is 84.0 Å². The molecule has 0 radical (unpaired) electrons. The quantitative estimate of drug-likeness (QED) is 0.497. The van der Waals surface area contributed by atoms with Gasteiger partial charge in [0.15, 0.2) is 0 Å². The van der Waals surface area contributed by atoms with Gasteiger partial charge in [0.2, 0.25) is 0 Å². The lowest BCUT2D eigenvalue weighted by molar-refractivity contribution is -0.137. The summed E-state index contributed by atoms with van der Waals surface area (Å²) in [7, 11) is 0. The lowest BCUT2D eigenvalue weighted by Crippen LogP contribution is -1.93. The number of carboxylic acids is 1. The van der Waals surface area contributed by atoms with Crippen LogP contribution in [0.3, 0.4) is 0 Å². The Morgan fingerprint density at radius 2 is 1.50 bits per heavy atom. The zero-order valence-electron chi connectivity index (χ0n) is 12.0. The minimum Gasteiger partial charge on any atom is -0.481 e. The van der Waals surface area contributed by atoms with Crippen LogP contribution in [0.5, 0.6) is 0 Å². The average molecular weight is 254 g/mol. The highest BCUT2D eigenvalue weighted by Crippen LogP contribution is 2.45. The highest BCUT2D eigenvalue weighted by Gasteiger charge is 2.34. The number of unbranched alkanes of at least 4 members (excludes halogenated alkanes) is 6. The number of carboxylic acid groups (broad SMARTS) is 1. The maximum Gasteiger partial charge on any atom is 0.303 e. The molecular formula is C16H30O2. The van der Waals surface area contributed by atoms with Crippen molar-refractivity contribution >= 4 is 5.97 Å². The molecule has 1 saturated carbocycles. The van der Waals surface area contributed by atoms with Gasteiger partial charge in [-0.15, -0.1) is 0 Å². The average Bonchev–Trinajstić information content (AvgIpc) is 3.05. The summed E-state index contributed by atoms with van der Waals surface area (Å²) < 4.78 is 0. The van der Waals surface area contributed by atoms with Gasteiger partial charge < -0.3 is 5.11 Å². The molecule has 1 aliphatic carbocycles. The molecule has 0 saturated heterocycles. The van der Waals surface area contributed by atoms with E-state index in [0.29, 0.717) is 6.42 Å². The second kappa shape index (κ2) is 9.41. The van der Waals surface area contributed by atoms with E-state index in [1.54, 1.807) is 0 Å². The van der Waals surface area contributed by atoms with Crippen LogP contribution in [0.4, 0.5) is 0 Å². The molecule has 2 atom stereocenters. The van der Waals surface area contributed by atoms with Crippen LogP contribution in [0.2, 0.25) is 0 Å². The van der Waals surface area contributed by atoms with Gasteiger partial charge >= 0.3 is 5.97 Å². The molecule has 18 heavy (non-hydrogen) atoms. The van der Waals surface area contributed by atoms with E-state index < -0.39 is 5.97 Å². The highest BCUT2D eigenvalue weighted by atomic mass is 16.4. The van der Waals surface area contributed by atoms with Gasteiger partial charge in [-0.25, -0.2) is 0 Å². The van der Waals surface area contributed by atoms with Crippen molar-refractivity contribution in [2.45, 2.75) is 84.0 Å². The van der Waals surface area contributed by atoms with Crippen LogP contribution >= 0.6 is 0 Å². The van der Waals surface area contributed by atoms with E-state index in [1.807, 2.05) is 0 Å². The first-order valence-electron chi connectivity index (χ1n) is 7.95. The number of hydrogen-bond donors (Lipinski definition) is 1. The number of aliphatic carboxylic acids is 1. The molecule has 0 spiro atoms. The van der Waals surface area contributed by atoms with E-state index in [0.717, 1.165) is 24.7 Å². The molecular weight excluding hydrogens is 224 g/mol. The summed E-state index contributed by atoms with van der Waals surface area (Å²) in [6.07, 6.45) is 14.7. The fourth-order valence-corrected chi connectivity index (χ4v) is 2.95. The molecule has 0 aromatic carbocycles. The highest BCUT2D eigenvalue weighted by molar-refractivity contribution is 5.66. The molecule has 0 aromatic rings. The molecule has 1 rings (SSSR count). The predicted molar refractivity (Wildman–Crippen MR) is 75.7 cm³/mol. The van der Waals surface area contributed by atoms with Crippen molar-refractivity contribution in [3.63, 3.8) is 0 Å². The van der Waals surface area contributed by atoms with Crippen molar-refractivity contribution < 1.29 is 9.90 Å². The molecule has 0 amide bonds. The minimum absolute atomic E-state index is 0.348. The fourth-order valence-electron chi connectivity index (χ4n) is 2.95. The Bertz CT molecular complexity index is 225. The van der Waals surface area contributed by atoms with E-state index in [9.17, 15) is 4.79 Å². The fraction of sp³-hybridized carbons (Fsp3) is 0.938. The zero-order valence-corrected chi connectivity index (χ0v) is 12.0. The van der Waals surface area contributed by atoms with Gasteiger partial charge in [-0.2, -0.15) is 0 Å². The second-order valence-electron chi connectivity index (χ2n) is 5.95. The van der Waals surface area contributed by atoms with Crippen LogP contribution in [0.25, 0.3) is 0 Å². The van der Waals surface area contributed by atoms with Crippen molar-refractivity contribution in [3.8, 4) is 0 Å². The number of carbonyl (C=O) groups is 1. The maximum absolute atomic E-state index is 10.3. The molecule has 1 fully saturated rings. The SMILES string of the molecule is CCCC1CC1CCCCCCCCCC(=O)O. The van der Waals surface area contributed by atoms with E-state index in [1.165, 1.54) is 57.8 Å². The molecule has 1 N–H and O–H groups in total. The van der Waals surface area contributed by atoms with Crippen molar-refractivity contribution in [2.75, 3.05) is 0 Å². The summed E-state index contributed by atoms with van der Waals surface area (Å²) in [4.78, 5) is 10.3. The molecule has 1 aliphatic rings. The predicted octanol–water partition coefficient (Wildman–Crippen LogP) is 5.02. The zero-order chi connectivity index (χ0) is 13.2. The molecule has 0 aliphatic heterocycles. The van der Waals surface area contributed by atoms with Crippen molar-refractivity contribution in [2.24, 2.45) is 11.8 Å². The molecule has 2 nitrogen and oxygen atoms in total. The van der Waals surface area contributed by atoms with Crippen molar-refractivity contribution in [3.05, 3.63) is 0 Å². The van der Waals surface area contributed by atoms with Gasteiger partial charge in [-0.05, 0) is 24.7 Å². The van der Waals surface area contributed by atoms with E-state index in [4.69, 9.17) is 5.11 Å². The summed E-state index contributed by atoms with van der Waals surface area (Å²) in [5.41, 5.74) is 0. The summed E-state index contributed by atoms with van der Waals surface area (Å²) >= 11 is 0. The standard InChI is InChI=1S/C16H30O2/c1-2-10-14-13-15(14)11-8-6-4-3-5-7-9-12-16(17)18/h14-15H,2-13H2,1H3,(H,17,18). The van der Waals surface area contributed by atoms with Crippen molar-refractivity contribution in [1.29, 1.82) is 0 Å². The normalized spacial score (nSPS) is 22.1. The lowest BCUT2D eigenvalue weighted by atomic mass is 10.0. The smallest absolute Gasteiger partial charge is 0.303 e. The monoisotopic (exact) mass is 254 g/mol. The van der Waals surface area contributed by atoms with Gasteiger partial charge in [-0.1, -0.05) is 64.7 Å². The second-order valence-corrected chi connectivity index (χ2v) is 5.95. The first-order chi connectivity index (χ1) is 8.74. The van der Waals surface area contributed by atoms with Crippen LogP contribution in [-0.4, -0.2) is 11.1 Å². The minimum atomic E-state index is -0.652. The topological polar surface area (TPSA) is 37.3 Å². The van der Waals surface area contributed by atoms with Crippen LogP contribution in [0.15, 0.2) is 0 Å². The Kier molecular flexibility index (Phi) is 8.11. The summed E-state index contributed by atoms with van der Waals surface area (Å²) in [5.74, 6) is 1.49. The molecule has 106 valence electrons. The largest absolute Gasteiger partial charge is 0.481 e. The van der Waals surface area contributed by atoms with Gasteiger partial charge in [0.1, 0.15) is 0 Å². The summed E-state index contributed by atoms with van der Waals surface area (Å²) in [6.45, 7) is 2.29. The molecule has 2 heteroatoms. The van der Waals surface area contributed by atoms with Crippen LogP contribution in [0, 0.1) is 11.8 Å². The third-order valence-electron chi connectivity index (χ3n) is 4.19. The lowest BCUT2D eigenvalue weighted by Gasteiger charge is -2.02. The number of rotatable bonds is 12. The maximum atomic E-state index is 10.3. The first-order valence-corrected chi connectivity index (χ1v) is 7.95. The summed E-state index contributed by atoms with van der Waals surface area (Å²) in [5, 5.41) is 8.50. The Balaban J connectivity index is 1.73.